The van der Waals surface area contributed by atoms with Crippen molar-refractivity contribution < 1.29 is 4.74 Å². The molecule has 0 heterocycles. The highest BCUT2D eigenvalue weighted by Gasteiger charge is 2.23. The Balaban J connectivity index is 2.37. The Bertz CT molecular complexity index is 138. The average Bonchev–Trinajstić information content (AvgIpc) is 2.41. The largest absolute Gasteiger partial charge is 0.378 e. The monoisotopic (exact) mass is 199 g/mol. The van der Waals surface area contributed by atoms with E-state index in [0.717, 1.165) is 19.1 Å². The fourth-order valence-electron chi connectivity index (χ4n) is 2.44. The van der Waals surface area contributed by atoms with Gasteiger partial charge in [-0.2, -0.15) is 0 Å². The lowest BCUT2D eigenvalue weighted by Crippen LogP contribution is -2.26. The van der Waals surface area contributed by atoms with Gasteiger partial charge in [-0.05, 0) is 45.7 Å². The zero-order valence-electron chi connectivity index (χ0n) is 9.72. The van der Waals surface area contributed by atoms with E-state index in [0.29, 0.717) is 6.10 Å². The number of ether oxygens (including phenoxy) is 1. The summed E-state index contributed by atoms with van der Waals surface area (Å²) in [6, 6.07) is 0. The second-order valence-electron chi connectivity index (χ2n) is 4.28. The van der Waals surface area contributed by atoms with Crippen LogP contribution in [0.4, 0.5) is 0 Å². The van der Waals surface area contributed by atoms with Crippen LogP contribution in [0.15, 0.2) is 0 Å². The van der Waals surface area contributed by atoms with Gasteiger partial charge in [0.15, 0.2) is 0 Å². The predicted octanol–water partition coefficient (Wildman–Crippen LogP) is 2.58. The molecule has 2 heteroatoms. The van der Waals surface area contributed by atoms with E-state index >= 15 is 0 Å². The standard InChI is InChI=1S/C12H25NO/c1-3-14-12-8-6-4-5-7-11(12)9-10-13-2/h11-13H,3-10H2,1-2H3/t11-,12?/m0/s1. The summed E-state index contributed by atoms with van der Waals surface area (Å²) in [5, 5.41) is 3.24. The first kappa shape index (κ1) is 12.0. The van der Waals surface area contributed by atoms with Gasteiger partial charge in [0.2, 0.25) is 0 Å². The highest BCUT2D eigenvalue weighted by molar-refractivity contribution is 4.75. The lowest BCUT2D eigenvalue weighted by molar-refractivity contribution is 0.0129. The maximum absolute atomic E-state index is 5.84. The Kier molecular flexibility index (Phi) is 6.20. The van der Waals surface area contributed by atoms with Crippen LogP contribution in [0.3, 0.4) is 0 Å². The first-order valence-electron chi connectivity index (χ1n) is 6.14. The van der Waals surface area contributed by atoms with E-state index in [9.17, 15) is 0 Å². The summed E-state index contributed by atoms with van der Waals surface area (Å²) in [5.74, 6) is 0.796. The van der Waals surface area contributed by atoms with Crippen molar-refractivity contribution in [2.24, 2.45) is 5.92 Å². The molecule has 0 spiro atoms. The van der Waals surface area contributed by atoms with Crippen molar-refractivity contribution >= 4 is 0 Å². The number of hydrogen-bond acceptors (Lipinski definition) is 2. The lowest BCUT2D eigenvalue weighted by Gasteiger charge is -2.24. The van der Waals surface area contributed by atoms with Crippen LogP contribution in [-0.2, 0) is 4.74 Å². The minimum atomic E-state index is 0.538. The summed E-state index contributed by atoms with van der Waals surface area (Å²) in [7, 11) is 2.03. The molecule has 84 valence electrons. The van der Waals surface area contributed by atoms with Crippen molar-refractivity contribution in [3.63, 3.8) is 0 Å². The molecule has 2 atom stereocenters. The molecular weight excluding hydrogens is 174 g/mol. The highest BCUT2D eigenvalue weighted by Crippen LogP contribution is 2.27. The molecule has 1 unspecified atom stereocenters. The number of hydrogen-bond donors (Lipinski definition) is 1. The normalized spacial score (nSPS) is 28.7. The molecular formula is C12H25NO. The quantitative estimate of drug-likeness (QED) is 0.687. The average molecular weight is 199 g/mol. The maximum atomic E-state index is 5.84. The van der Waals surface area contributed by atoms with E-state index < -0.39 is 0 Å². The Morgan fingerprint density at radius 3 is 2.71 bits per heavy atom. The summed E-state index contributed by atoms with van der Waals surface area (Å²) < 4.78 is 5.84. The molecule has 0 aromatic heterocycles. The highest BCUT2D eigenvalue weighted by atomic mass is 16.5. The van der Waals surface area contributed by atoms with Gasteiger partial charge in [-0.3, -0.25) is 0 Å². The van der Waals surface area contributed by atoms with E-state index in [4.69, 9.17) is 4.74 Å². The molecule has 1 aliphatic carbocycles. The van der Waals surface area contributed by atoms with Crippen molar-refractivity contribution in [2.75, 3.05) is 20.2 Å². The summed E-state index contributed by atoms with van der Waals surface area (Å²) in [6.45, 7) is 4.12. The fourth-order valence-corrected chi connectivity index (χ4v) is 2.44. The van der Waals surface area contributed by atoms with Gasteiger partial charge < -0.3 is 10.1 Å². The van der Waals surface area contributed by atoms with Crippen LogP contribution in [0.1, 0.15) is 45.4 Å². The van der Waals surface area contributed by atoms with Crippen molar-refractivity contribution in [1.29, 1.82) is 0 Å². The minimum absolute atomic E-state index is 0.538. The van der Waals surface area contributed by atoms with Gasteiger partial charge in [0.1, 0.15) is 0 Å². The van der Waals surface area contributed by atoms with Crippen molar-refractivity contribution in [3.05, 3.63) is 0 Å². The molecule has 14 heavy (non-hydrogen) atoms. The van der Waals surface area contributed by atoms with Crippen LogP contribution >= 0.6 is 0 Å². The first-order chi connectivity index (χ1) is 6.88. The Hall–Kier alpha value is -0.0800. The number of nitrogens with one attached hydrogen (secondary N) is 1. The van der Waals surface area contributed by atoms with Gasteiger partial charge in [-0.25, -0.2) is 0 Å². The second-order valence-corrected chi connectivity index (χ2v) is 4.28. The first-order valence-corrected chi connectivity index (χ1v) is 6.14. The summed E-state index contributed by atoms with van der Waals surface area (Å²) >= 11 is 0. The van der Waals surface area contributed by atoms with Crippen LogP contribution in [0.25, 0.3) is 0 Å². The van der Waals surface area contributed by atoms with Crippen LogP contribution in [-0.4, -0.2) is 26.3 Å². The zero-order valence-corrected chi connectivity index (χ0v) is 9.72. The fraction of sp³-hybridized carbons (Fsp3) is 1.00. The maximum Gasteiger partial charge on any atom is 0.0603 e. The summed E-state index contributed by atoms with van der Waals surface area (Å²) in [4.78, 5) is 0. The molecule has 0 saturated heterocycles. The van der Waals surface area contributed by atoms with Crippen LogP contribution < -0.4 is 5.32 Å². The third-order valence-electron chi connectivity index (χ3n) is 3.24. The topological polar surface area (TPSA) is 21.3 Å². The second kappa shape index (κ2) is 7.24. The molecule has 1 rings (SSSR count). The minimum Gasteiger partial charge on any atom is -0.378 e. The van der Waals surface area contributed by atoms with E-state index in [1.807, 2.05) is 7.05 Å². The van der Waals surface area contributed by atoms with E-state index in [1.165, 1.54) is 38.5 Å². The van der Waals surface area contributed by atoms with Crippen molar-refractivity contribution in [3.8, 4) is 0 Å². The third kappa shape index (κ3) is 3.97. The van der Waals surface area contributed by atoms with E-state index in [1.54, 1.807) is 0 Å². The third-order valence-corrected chi connectivity index (χ3v) is 3.24. The van der Waals surface area contributed by atoms with Crippen LogP contribution in [0.5, 0.6) is 0 Å². The van der Waals surface area contributed by atoms with Gasteiger partial charge in [-0.15, -0.1) is 0 Å². The summed E-state index contributed by atoms with van der Waals surface area (Å²) in [5.41, 5.74) is 0. The lowest BCUT2D eigenvalue weighted by atomic mass is 9.93. The molecule has 0 aliphatic heterocycles. The Labute approximate surface area is 88.4 Å². The van der Waals surface area contributed by atoms with Gasteiger partial charge in [-0.1, -0.05) is 19.3 Å². The van der Waals surface area contributed by atoms with Crippen LogP contribution in [0, 0.1) is 5.92 Å². The zero-order chi connectivity index (χ0) is 10.2. The van der Waals surface area contributed by atoms with Crippen molar-refractivity contribution in [1.82, 2.24) is 5.32 Å². The molecule has 1 saturated carbocycles. The summed E-state index contributed by atoms with van der Waals surface area (Å²) in [6.07, 6.45) is 8.63. The Morgan fingerprint density at radius 1 is 1.21 bits per heavy atom. The van der Waals surface area contributed by atoms with Gasteiger partial charge in [0.05, 0.1) is 6.10 Å². The molecule has 0 aromatic carbocycles. The van der Waals surface area contributed by atoms with Gasteiger partial charge >= 0.3 is 0 Å². The smallest absolute Gasteiger partial charge is 0.0603 e. The Morgan fingerprint density at radius 2 is 2.00 bits per heavy atom. The molecule has 1 N–H and O–H groups in total. The molecule has 0 amide bonds. The molecule has 1 fully saturated rings. The predicted molar refractivity (Wildman–Crippen MR) is 60.5 cm³/mol. The molecule has 2 nitrogen and oxygen atoms in total. The van der Waals surface area contributed by atoms with E-state index in [2.05, 4.69) is 12.2 Å². The van der Waals surface area contributed by atoms with Crippen molar-refractivity contribution in [2.45, 2.75) is 51.6 Å². The molecule has 0 aromatic rings. The number of rotatable bonds is 5. The van der Waals surface area contributed by atoms with E-state index in [-0.39, 0.29) is 0 Å². The van der Waals surface area contributed by atoms with Gasteiger partial charge in [0, 0.05) is 6.61 Å². The molecule has 1 aliphatic rings. The molecule has 0 radical (unpaired) electrons. The van der Waals surface area contributed by atoms with Gasteiger partial charge in [0.25, 0.3) is 0 Å². The molecule has 0 bridgehead atoms. The van der Waals surface area contributed by atoms with Crippen LogP contribution in [0.2, 0.25) is 0 Å². The SMILES string of the molecule is CCOC1CCCCC[C@H]1CCNC.